The molecule has 0 bridgehead atoms. The van der Waals surface area contributed by atoms with E-state index in [1.54, 1.807) is 0 Å². The van der Waals surface area contributed by atoms with Crippen molar-refractivity contribution in [3.05, 3.63) is 18.0 Å². The molecule has 1 aliphatic heterocycles. The zero-order valence-electron chi connectivity index (χ0n) is 8.83. The Morgan fingerprint density at radius 3 is 2.44 bits per heavy atom. The van der Waals surface area contributed by atoms with E-state index in [0.717, 1.165) is 25.9 Å². The van der Waals surface area contributed by atoms with Crippen LogP contribution >= 0.6 is 0 Å². The van der Waals surface area contributed by atoms with Gasteiger partial charge in [-0.3, -0.25) is 4.79 Å². The van der Waals surface area contributed by atoms with Crippen molar-refractivity contribution in [1.29, 1.82) is 0 Å². The number of hydrogen-bond donors (Lipinski definition) is 2. The largest absolute Gasteiger partial charge is 0.480 e. The summed E-state index contributed by atoms with van der Waals surface area (Å²) in [6.07, 6.45) is 5.28. The number of aliphatic carboxylic acids is 1. The predicted octanol–water partition coefficient (Wildman–Crippen LogP) is 0.161. The molecule has 2 heterocycles. The molecule has 3 N–H and O–H groups in total. The number of anilines is 1. The normalized spacial score (nSPS) is 17.4. The van der Waals surface area contributed by atoms with E-state index in [0.29, 0.717) is 11.5 Å². The van der Waals surface area contributed by atoms with Crippen LogP contribution in [0.4, 0.5) is 5.95 Å². The minimum absolute atomic E-state index is 0.426. The summed E-state index contributed by atoms with van der Waals surface area (Å²) >= 11 is 0. The molecule has 1 unspecified atom stereocenters. The molecular weight excluding hydrogens is 208 g/mol. The van der Waals surface area contributed by atoms with Gasteiger partial charge in [0.2, 0.25) is 5.95 Å². The fourth-order valence-corrected chi connectivity index (χ4v) is 1.71. The van der Waals surface area contributed by atoms with Gasteiger partial charge in [-0.25, -0.2) is 9.97 Å². The number of rotatable bonds is 3. The van der Waals surface area contributed by atoms with Crippen LogP contribution in [-0.2, 0) is 4.79 Å². The Hall–Kier alpha value is -1.69. The van der Waals surface area contributed by atoms with Crippen LogP contribution in [0.1, 0.15) is 24.4 Å². The summed E-state index contributed by atoms with van der Waals surface area (Å²) in [5.74, 6) is -0.420. The quantitative estimate of drug-likeness (QED) is 0.756. The first-order valence-electron chi connectivity index (χ1n) is 5.24. The number of carboxylic acids is 1. The van der Waals surface area contributed by atoms with Gasteiger partial charge in [0.15, 0.2) is 0 Å². The van der Waals surface area contributed by atoms with E-state index in [-0.39, 0.29) is 0 Å². The Morgan fingerprint density at radius 1 is 1.38 bits per heavy atom. The standard InChI is InChI=1S/C10H14N4O2/c11-8(9(15)16)7-5-12-10(13-6-7)14-3-1-2-4-14/h5-6,8H,1-4,11H2,(H,15,16). The third-order valence-electron chi connectivity index (χ3n) is 2.67. The highest BCUT2D eigenvalue weighted by molar-refractivity contribution is 5.74. The molecular formula is C10H14N4O2. The molecule has 0 aromatic carbocycles. The van der Waals surface area contributed by atoms with Gasteiger partial charge in [-0.2, -0.15) is 0 Å². The summed E-state index contributed by atoms with van der Waals surface area (Å²) in [7, 11) is 0. The lowest BCUT2D eigenvalue weighted by atomic mass is 10.2. The molecule has 1 saturated heterocycles. The summed E-state index contributed by atoms with van der Waals surface area (Å²) in [5.41, 5.74) is 5.87. The lowest BCUT2D eigenvalue weighted by molar-refractivity contribution is -0.138. The topological polar surface area (TPSA) is 92.3 Å². The van der Waals surface area contributed by atoms with Crippen LogP contribution in [0, 0.1) is 0 Å². The Kier molecular flexibility index (Phi) is 3.00. The highest BCUT2D eigenvalue weighted by Gasteiger charge is 2.18. The molecule has 1 aliphatic rings. The number of carboxylic acid groups (broad SMARTS) is 1. The van der Waals surface area contributed by atoms with Crippen molar-refractivity contribution in [1.82, 2.24) is 9.97 Å². The third kappa shape index (κ3) is 2.11. The Bertz CT molecular complexity index is 373. The maximum absolute atomic E-state index is 10.6. The molecule has 0 aliphatic carbocycles. The molecule has 86 valence electrons. The van der Waals surface area contributed by atoms with E-state index in [1.807, 2.05) is 0 Å². The third-order valence-corrected chi connectivity index (χ3v) is 2.67. The van der Waals surface area contributed by atoms with E-state index >= 15 is 0 Å². The van der Waals surface area contributed by atoms with Crippen LogP contribution in [0.15, 0.2) is 12.4 Å². The van der Waals surface area contributed by atoms with Crippen molar-refractivity contribution >= 4 is 11.9 Å². The average molecular weight is 222 g/mol. The Balaban J connectivity index is 2.12. The molecule has 6 nitrogen and oxygen atoms in total. The van der Waals surface area contributed by atoms with Gasteiger partial charge in [0.05, 0.1) is 0 Å². The van der Waals surface area contributed by atoms with Crippen LogP contribution in [0.3, 0.4) is 0 Å². The van der Waals surface area contributed by atoms with Crippen LogP contribution < -0.4 is 10.6 Å². The first kappa shape index (κ1) is 10.8. The monoisotopic (exact) mass is 222 g/mol. The Morgan fingerprint density at radius 2 is 1.94 bits per heavy atom. The SMILES string of the molecule is NC(C(=O)O)c1cnc(N2CCCC2)nc1. The van der Waals surface area contributed by atoms with Gasteiger partial charge in [-0.15, -0.1) is 0 Å². The van der Waals surface area contributed by atoms with Crippen molar-refractivity contribution in [2.45, 2.75) is 18.9 Å². The number of nitrogens with two attached hydrogens (primary N) is 1. The van der Waals surface area contributed by atoms with Crippen molar-refractivity contribution < 1.29 is 9.90 Å². The summed E-state index contributed by atoms with van der Waals surface area (Å²) in [6, 6.07) is -1.05. The van der Waals surface area contributed by atoms with Crippen LogP contribution in [0.2, 0.25) is 0 Å². The van der Waals surface area contributed by atoms with E-state index in [9.17, 15) is 4.79 Å². The molecule has 16 heavy (non-hydrogen) atoms. The van der Waals surface area contributed by atoms with Crippen molar-refractivity contribution in [2.75, 3.05) is 18.0 Å². The minimum Gasteiger partial charge on any atom is -0.480 e. The fraction of sp³-hybridized carbons (Fsp3) is 0.500. The first-order chi connectivity index (χ1) is 7.68. The molecule has 0 saturated carbocycles. The summed E-state index contributed by atoms with van der Waals surface area (Å²) in [6.45, 7) is 1.93. The van der Waals surface area contributed by atoms with Crippen LogP contribution in [0.5, 0.6) is 0 Å². The van der Waals surface area contributed by atoms with Gasteiger partial charge >= 0.3 is 5.97 Å². The lowest BCUT2D eigenvalue weighted by Gasteiger charge is -2.15. The van der Waals surface area contributed by atoms with E-state index in [4.69, 9.17) is 10.8 Å². The first-order valence-corrected chi connectivity index (χ1v) is 5.24. The second-order valence-corrected chi connectivity index (χ2v) is 3.83. The van der Waals surface area contributed by atoms with E-state index < -0.39 is 12.0 Å². The number of carbonyl (C=O) groups is 1. The molecule has 1 aromatic rings. The molecule has 2 rings (SSSR count). The van der Waals surface area contributed by atoms with Crippen molar-refractivity contribution in [2.24, 2.45) is 5.73 Å². The van der Waals surface area contributed by atoms with Gasteiger partial charge in [-0.1, -0.05) is 0 Å². The lowest BCUT2D eigenvalue weighted by Crippen LogP contribution is -2.23. The molecule has 1 aromatic heterocycles. The van der Waals surface area contributed by atoms with Gasteiger partial charge in [0.25, 0.3) is 0 Å². The Labute approximate surface area is 93.1 Å². The molecule has 1 atom stereocenters. The summed E-state index contributed by atoms with van der Waals surface area (Å²) in [5, 5.41) is 8.73. The van der Waals surface area contributed by atoms with Crippen molar-refractivity contribution in [3.8, 4) is 0 Å². The number of nitrogens with zero attached hydrogens (tertiary/aromatic N) is 3. The van der Waals surface area contributed by atoms with Gasteiger partial charge in [0, 0.05) is 31.0 Å². The average Bonchev–Trinajstić information content (AvgIpc) is 2.81. The molecule has 6 heteroatoms. The summed E-state index contributed by atoms with van der Waals surface area (Å²) < 4.78 is 0. The second kappa shape index (κ2) is 4.44. The zero-order chi connectivity index (χ0) is 11.5. The molecule has 0 radical (unpaired) electrons. The predicted molar refractivity (Wildman–Crippen MR) is 58.0 cm³/mol. The smallest absolute Gasteiger partial charge is 0.325 e. The van der Waals surface area contributed by atoms with E-state index in [1.165, 1.54) is 12.4 Å². The van der Waals surface area contributed by atoms with Gasteiger partial charge in [-0.05, 0) is 12.8 Å². The van der Waals surface area contributed by atoms with Crippen LogP contribution in [0.25, 0.3) is 0 Å². The summed E-state index contributed by atoms with van der Waals surface area (Å²) in [4.78, 5) is 21.0. The van der Waals surface area contributed by atoms with Gasteiger partial charge in [0.1, 0.15) is 6.04 Å². The number of hydrogen-bond acceptors (Lipinski definition) is 5. The highest BCUT2D eigenvalue weighted by Crippen LogP contribution is 2.16. The fourth-order valence-electron chi connectivity index (χ4n) is 1.71. The zero-order valence-corrected chi connectivity index (χ0v) is 8.83. The molecule has 0 amide bonds. The second-order valence-electron chi connectivity index (χ2n) is 3.83. The minimum atomic E-state index is -1.07. The van der Waals surface area contributed by atoms with Crippen LogP contribution in [-0.4, -0.2) is 34.1 Å². The van der Waals surface area contributed by atoms with Crippen molar-refractivity contribution in [3.63, 3.8) is 0 Å². The maximum atomic E-state index is 10.6. The van der Waals surface area contributed by atoms with E-state index in [2.05, 4.69) is 14.9 Å². The van der Waals surface area contributed by atoms with Gasteiger partial charge < -0.3 is 15.7 Å². The molecule has 1 fully saturated rings. The highest BCUT2D eigenvalue weighted by atomic mass is 16.4. The number of aromatic nitrogens is 2. The molecule has 0 spiro atoms. The maximum Gasteiger partial charge on any atom is 0.325 e.